The molecule has 1 heterocycles. The lowest BCUT2D eigenvalue weighted by Gasteiger charge is -2.52. The van der Waals surface area contributed by atoms with Crippen molar-refractivity contribution in [2.24, 2.45) is 0 Å². The first-order chi connectivity index (χ1) is 8.27. The molecular weight excluding hydrogens is 250 g/mol. The summed E-state index contributed by atoms with van der Waals surface area (Å²) in [6.45, 7) is 6.63. The summed E-state index contributed by atoms with van der Waals surface area (Å²) in [4.78, 5) is 2.14. The SMILES string of the molecule is CC1N(C)C(C)(C)COC1(O)c1cccc(Cl)c1. The van der Waals surface area contributed by atoms with Crippen molar-refractivity contribution in [3.05, 3.63) is 34.9 Å². The van der Waals surface area contributed by atoms with Crippen molar-refractivity contribution in [2.45, 2.75) is 38.1 Å². The molecular formula is C14H20ClNO2. The van der Waals surface area contributed by atoms with Gasteiger partial charge in [-0.3, -0.25) is 4.90 Å². The fraction of sp³-hybridized carbons (Fsp3) is 0.571. The van der Waals surface area contributed by atoms with E-state index in [1.165, 1.54) is 0 Å². The van der Waals surface area contributed by atoms with E-state index in [2.05, 4.69) is 18.7 Å². The van der Waals surface area contributed by atoms with Gasteiger partial charge in [0, 0.05) is 16.1 Å². The lowest BCUT2D eigenvalue weighted by Crippen LogP contribution is -2.63. The van der Waals surface area contributed by atoms with Crippen molar-refractivity contribution in [1.29, 1.82) is 0 Å². The fourth-order valence-electron chi connectivity index (χ4n) is 2.33. The molecule has 2 atom stereocenters. The monoisotopic (exact) mass is 269 g/mol. The number of nitrogens with zero attached hydrogens (tertiary/aromatic N) is 1. The molecule has 0 spiro atoms. The van der Waals surface area contributed by atoms with Crippen LogP contribution >= 0.6 is 11.6 Å². The molecule has 3 nitrogen and oxygen atoms in total. The van der Waals surface area contributed by atoms with E-state index in [-0.39, 0.29) is 11.6 Å². The summed E-state index contributed by atoms with van der Waals surface area (Å²) in [5.74, 6) is -1.31. The van der Waals surface area contributed by atoms with Crippen LogP contribution in [0.4, 0.5) is 0 Å². The van der Waals surface area contributed by atoms with Gasteiger partial charge in [-0.15, -0.1) is 0 Å². The lowest BCUT2D eigenvalue weighted by atomic mass is 9.90. The molecule has 100 valence electrons. The summed E-state index contributed by atoms with van der Waals surface area (Å²) in [5, 5.41) is 11.4. The van der Waals surface area contributed by atoms with E-state index < -0.39 is 5.79 Å². The minimum atomic E-state index is -1.31. The van der Waals surface area contributed by atoms with Crippen LogP contribution in [-0.2, 0) is 10.5 Å². The van der Waals surface area contributed by atoms with Crippen LogP contribution in [0, 0.1) is 0 Å². The highest BCUT2D eigenvalue weighted by Crippen LogP contribution is 2.38. The first-order valence-corrected chi connectivity index (χ1v) is 6.50. The Labute approximate surface area is 113 Å². The molecule has 0 saturated carbocycles. The predicted molar refractivity (Wildman–Crippen MR) is 72.6 cm³/mol. The highest BCUT2D eigenvalue weighted by Gasteiger charge is 2.48. The summed E-state index contributed by atoms with van der Waals surface area (Å²) < 4.78 is 5.76. The molecule has 2 unspecified atom stereocenters. The van der Waals surface area contributed by atoms with Crippen LogP contribution in [0.15, 0.2) is 24.3 Å². The smallest absolute Gasteiger partial charge is 0.208 e. The molecule has 1 aliphatic heterocycles. The molecule has 18 heavy (non-hydrogen) atoms. The van der Waals surface area contributed by atoms with Crippen molar-refractivity contribution >= 4 is 11.6 Å². The van der Waals surface area contributed by atoms with E-state index in [1.54, 1.807) is 12.1 Å². The molecule has 1 N–H and O–H groups in total. The summed E-state index contributed by atoms with van der Waals surface area (Å²) >= 11 is 5.99. The van der Waals surface area contributed by atoms with Crippen LogP contribution < -0.4 is 0 Å². The Morgan fingerprint density at radius 2 is 2.11 bits per heavy atom. The van der Waals surface area contributed by atoms with Crippen molar-refractivity contribution in [3.8, 4) is 0 Å². The Bertz CT molecular complexity index is 449. The van der Waals surface area contributed by atoms with Crippen LogP contribution in [0.25, 0.3) is 0 Å². The van der Waals surface area contributed by atoms with Crippen LogP contribution in [0.1, 0.15) is 26.3 Å². The average molecular weight is 270 g/mol. The molecule has 1 aromatic carbocycles. The van der Waals surface area contributed by atoms with Crippen molar-refractivity contribution in [2.75, 3.05) is 13.7 Å². The second-order valence-electron chi connectivity index (χ2n) is 5.59. The maximum atomic E-state index is 10.8. The molecule has 0 aliphatic carbocycles. The summed E-state index contributed by atoms with van der Waals surface area (Å²) in [7, 11) is 2.00. The number of morpholine rings is 1. The highest BCUT2D eigenvalue weighted by atomic mass is 35.5. The number of benzene rings is 1. The summed E-state index contributed by atoms with van der Waals surface area (Å²) in [6.07, 6.45) is 0. The van der Waals surface area contributed by atoms with E-state index in [0.717, 1.165) is 0 Å². The van der Waals surface area contributed by atoms with Gasteiger partial charge in [0.15, 0.2) is 0 Å². The molecule has 1 saturated heterocycles. The molecule has 0 bridgehead atoms. The van der Waals surface area contributed by atoms with E-state index in [4.69, 9.17) is 16.3 Å². The number of halogens is 1. The van der Waals surface area contributed by atoms with Crippen molar-refractivity contribution in [3.63, 3.8) is 0 Å². The van der Waals surface area contributed by atoms with Crippen molar-refractivity contribution < 1.29 is 9.84 Å². The number of aliphatic hydroxyl groups is 1. The van der Waals surface area contributed by atoms with Gasteiger partial charge in [-0.05, 0) is 40.0 Å². The van der Waals surface area contributed by atoms with Gasteiger partial charge >= 0.3 is 0 Å². The zero-order valence-corrected chi connectivity index (χ0v) is 12.0. The average Bonchev–Trinajstić information content (AvgIpc) is 2.32. The van der Waals surface area contributed by atoms with Gasteiger partial charge in [-0.2, -0.15) is 0 Å². The number of ether oxygens (including phenoxy) is 1. The second kappa shape index (κ2) is 4.49. The first kappa shape index (κ1) is 13.8. The number of likely N-dealkylation sites (N-methyl/N-ethyl adjacent to an activating group) is 1. The Morgan fingerprint density at radius 3 is 2.72 bits per heavy atom. The highest BCUT2D eigenvalue weighted by molar-refractivity contribution is 6.30. The van der Waals surface area contributed by atoms with Gasteiger partial charge in [0.1, 0.15) is 0 Å². The zero-order chi connectivity index (χ0) is 13.6. The minimum Gasteiger partial charge on any atom is -0.361 e. The fourth-order valence-corrected chi connectivity index (χ4v) is 2.52. The summed E-state index contributed by atoms with van der Waals surface area (Å²) in [5.41, 5.74) is 0.606. The molecule has 0 radical (unpaired) electrons. The van der Waals surface area contributed by atoms with Gasteiger partial charge < -0.3 is 9.84 Å². The van der Waals surface area contributed by atoms with Crippen molar-refractivity contribution in [1.82, 2.24) is 4.90 Å². The number of hydrogen-bond donors (Lipinski definition) is 1. The van der Waals surface area contributed by atoms with Crippen LogP contribution in [0.3, 0.4) is 0 Å². The van der Waals surface area contributed by atoms with E-state index >= 15 is 0 Å². The van der Waals surface area contributed by atoms with Gasteiger partial charge in [0.05, 0.1) is 12.6 Å². The molecule has 1 aliphatic rings. The van der Waals surface area contributed by atoms with Gasteiger partial charge in [0.2, 0.25) is 5.79 Å². The Hall–Kier alpha value is -0.610. The third-order valence-corrected chi connectivity index (χ3v) is 4.22. The normalized spacial score (nSPS) is 32.4. The maximum absolute atomic E-state index is 10.8. The van der Waals surface area contributed by atoms with Gasteiger partial charge in [-0.25, -0.2) is 0 Å². The lowest BCUT2D eigenvalue weighted by molar-refractivity contribution is -0.298. The van der Waals surface area contributed by atoms with Gasteiger partial charge in [-0.1, -0.05) is 23.7 Å². The zero-order valence-electron chi connectivity index (χ0n) is 11.3. The maximum Gasteiger partial charge on any atom is 0.208 e. The van der Waals surface area contributed by atoms with Crippen LogP contribution in [0.5, 0.6) is 0 Å². The van der Waals surface area contributed by atoms with E-state index in [1.807, 2.05) is 26.1 Å². The second-order valence-corrected chi connectivity index (χ2v) is 6.03. The minimum absolute atomic E-state index is 0.0930. The van der Waals surface area contributed by atoms with E-state index in [0.29, 0.717) is 17.2 Å². The van der Waals surface area contributed by atoms with E-state index in [9.17, 15) is 5.11 Å². The Balaban J connectivity index is 2.38. The third kappa shape index (κ3) is 2.16. The molecule has 0 amide bonds. The largest absolute Gasteiger partial charge is 0.361 e. The molecule has 0 aromatic heterocycles. The van der Waals surface area contributed by atoms with Gasteiger partial charge in [0.25, 0.3) is 0 Å². The first-order valence-electron chi connectivity index (χ1n) is 6.13. The Morgan fingerprint density at radius 1 is 1.44 bits per heavy atom. The molecule has 1 aromatic rings. The quantitative estimate of drug-likeness (QED) is 0.851. The van der Waals surface area contributed by atoms with Crippen LogP contribution in [0.2, 0.25) is 5.02 Å². The Kier molecular flexibility index (Phi) is 3.45. The summed E-state index contributed by atoms with van der Waals surface area (Å²) in [6, 6.07) is 7.06. The third-order valence-electron chi connectivity index (χ3n) is 3.99. The molecule has 2 rings (SSSR count). The number of hydrogen-bond acceptors (Lipinski definition) is 3. The predicted octanol–water partition coefficient (Wildman–Crippen LogP) is 2.61. The standard InChI is InChI=1S/C14H20ClNO2/c1-10-14(17,11-6-5-7-12(15)8-11)18-9-13(2,3)16(10)4/h5-8,10,17H,9H2,1-4H3. The topological polar surface area (TPSA) is 32.7 Å². The molecule has 4 heteroatoms. The van der Waals surface area contributed by atoms with Crippen LogP contribution in [-0.4, -0.2) is 35.2 Å². The molecule has 1 fully saturated rings. The number of rotatable bonds is 1.